The maximum atomic E-state index is 13.0. The number of nitrogens with one attached hydrogen (secondary N) is 1. The van der Waals surface area contributed by atoms with Gasteiger partial charge in [0.15, 0.2) is 0 Å². The molecule has 1 atom stereocenters. The smallest absolute Gasteiger partial charge is 0.270 e. The van der Waals surface area contributed by atoms with Crippen LogP contribution < -0.4 is 5.32 Å². The van der Waals surface area contributed by atoms with Crippen molar-refractivity contribution >= 4 is 27.3 Å². The minimum Gasteiger partial charge on any atom is -0.377 e. The second-order valence-corrected chi connectivity index (χ2v) is 5.43. The van der Waals surface area contributed by atoms with Gasteiger partial charge in [-0.05, 0) is 46.1 Å². The summed E-state index contributed by atoms with van der Waals surface area (Å²) in [4.78, 5) is 10.3. The average Bonchev–Trinajstić information content (AvgIpc) is 2.47. The van der Waals surface area contributed by atoms with Crippen LogP contribution in [0.5, 0.6) is 0 Å². The first-order chi connectivity index (χ1) is 10.0. The van der Waals surface area contributed by atoms with Crippen molar-refractivity contribution < 1.29 is 9.31 Å². The van der Waals surface area contributed by atoms with E-state index in [2.05, 4.69) is 21.2 Å². The van der Waals surface area contributed by atoms with Crippen LogP contribution in [0, 0.1) is 15.9 Å². The Kier molecular flexibility index (Phi) is 4.90. The van der Waals surface area contributed by atoms with E-state index in [1.807, 2.05) is 6.92 Å². The highest BCUT2D eigenvalue weighted by atomic mass is 79.9. The van der Waals surface area contributed by atoms with E-state index in [1.165, 1.54) is 24.3 Å². The molecule has 2 rings (SSSR count). The number of non-ortho nitro benzene ring substituents is 1. The number of rotatable bonds is 5. The van der Waals surface area contributed by atoms with E-state index in [0.29, 0.717) is 4.47 Å². The summed E-state index contributed by atoms with van der Waals surface area (Å²) in [5.74, 6) is -0.273. The Hall–Kier alpha value is -1.95. The number of hydrogen-bond acceptors (Lipinski definition) is 3. The number of halogens is 2. The first kappa shape index (κ1) is 15.4. The molecule has 0 aliphatic heterocycles. The van der Waals surface area contributed by atoms with Crippen molar-refractivity contribution in [3.8, 4) is 0 Å². The van der Waals surface area contributed by atoms with Gasteiger partial charge in [-0.1, -0.05) is 19.1 Å². The van der Waals surface area contributed by atoms with Crippen molar-refractivity contribution in [3.63, 3.8) is 0 Å². The summed E-state index contributed by atoms with van der Waals surface area (Å²) in [7, 11) is 0. The first-order valence-corrected chi connectivity index (χ1v) is 7.26. The summed E-state index contributed by atoms with van der Waals surface area (Å²) < 4.78 is 13.6. The molecule has 110 valence electrons. The fraction of sp³-hybridized carbons (Fsp3) is 0.200. The molecular weight excluding hydrogens is 339 g/mol. The molecule has 0 spiro atoms. The Labute approximate surface area is 130 Å². The Bertz CT molecular complexity index is 647. The van der Waals surface area contributed by atoms with E-state index in [0.717, 1.165) is 17.7 Å². The molecule has 0 saturated carbocycles. The molecule has 0 heterocycles. The van der Waals surface area contributed by atoms with Crippen LogP contribution in [0.1, 0.15) is 24.9 Å². The van der Waals surface area contributed by atoms with Crippen LogP contribution in [0.4, 0.5) is 15.8 Å². The van der Waals surface area contributed by atoms with Crippen LogP contribution in [0.15, 0.2) is 46.9 Å². The highest BCUT2D eigenvalue weighted by molar-refractivity contribution is 9.10. The molecular formula is C15H14BrFN2O2. The van der Waals surface area contributed by atoms with Crippen molar-refractivity contribution in [2.24, 2.45) is 0 Å². The predicted molar refractivity (Wildman–Crippen MR) is 83.9 cm³/mol. The van der Waals surface area contributed by atoms with Crippen molar-refractivity contribution in [1.29, 1.82) is 0 Å². The lowest BCUT2D eigenvalue weighted by Crippen LogP contribution is -2.10. The summed E-state index contributed by atoms with van der Waals surface area (Å²) >= 11 is 3.33. The molecule has 2 aromatic rings. The molecule has 21 heavy (non-hydrogen) atoms. The van der Waals surface area contributed by atoms with Gasteiger partial charge in [0.2, 0.25) is 0 Å². The van der Waals surface area contributed by atoms with Crippen LogP contribution in [0.25, 0.3) is 0 Å². The van der Waals surface area contributed by atoms with E-state index in [1.54, 1.807) is 18.2 Å². The SMILES string of the molecule is CCC(Nc1ccc([N+](=O)[O-])cc1Br)c1ccc(F)cc1. The van der Waals surface area contributed by atoms with Gasteiger partial charge in [-0.3, -0.25) is 10.1 Å². The molecule has 4 nitrogen and oxygen atoms in total. The zero-order valence-corrected chi connectivity index (χ0v) is 12.9. The summed E-state index contributed by atoms with van der Waals surface area (Å²) in [6, 6.07) is 10.9. The van der Waals surface area contributed by atoms with E-state index >= 15 is 0 Å². The van der Waals surface area contributed by atoms with Crippen LogP contribution in [-0.2, 0) is 0 Å². The molecule has 0 radical (unpaired) electrons. The number of nitro benzene ring substituents is 1. The molecule has 0 aliphatic rings. The summed E-state index contributed by atoms with van der Waals surface area (Å²) in [6.45, 7) is 2.01. The third-order valence-corrected chi connectivity index (χ3v) is 3.83. The Balaban J connectivity index is 2.22. The molecule has 6 heteroatoms. The van der Waals surface area contributed by atoms with Crippen molar-refractivity contribution in [3.05, 3.63) is 68.4 Å². The molecule has 0 aliphatic carbocycles. The topological polar surface area (TPSA) is 55.2 Å². The van der Waals surface area contributed by atoms with Gasteiger partial charge in [-0.25, -0.2) is 4.39 Å². The van der Waals surface area contributed by atoms with Crippen LogP contribution >= 0.6 is 15.9 Å². The van der Waals surface area contributed by atoms with Crippen LogP contribution in [0.2, 0.25) is 0 Å². The molecule has 2 aromatic carbocycles. The maximum absolute atomic E-state index is 13.0. The summed E-state index contributed by atoms with van der Waals surface area (Å²) in [6.07, 6.45) is 0.801. The largest absolute Gasteiger partial charge is 0.377 e. The zero-order valence-electron chi connectivity index (χ0n) is 11.3. The zero-order chi connectivity index (χ0) is 15.4. The van der Waals surface area contributed by atoms with Crippen molar-refractivity contribution in [1.82, 2.24) is 0 Å². The minimum atomic E-state index is -0.439. The Morgan fingerprint density at radius 3 is 2.48 bits per heavy atom. The van der Waals surface area contributed by atoms with Crippen molar-refractivity contribution in [2.75, 3.05) is 5.32 Å². The van der Waals surface area contributed by atoms with Gasteiger partial charge in [-0.15, -0.1) is 0 Å². The molecule has 0 bridgehead atoms. The lowest BCUT2D eigenvalue weighted by molar-refractivity contribution is -0.384. The van der Waals surface area contributed by atoms with Crippen LogP contribution in [0.3, 0.4) is 0 Å². The monoisotopic (exact) mass is 352 g/mol. The van der Waals surface area contributed by atoms with Gasteiger partial charge < -0.3 is 5.32 Å². The maximum Gasteiger partial charge on any atom is 0.270 e. The fourth-order valence-electron chi connectivity index (χ4n) is 2.04. The molecule has 0 fully saturated rings. The number of hydrogen-bond donors (Lipinski definition) is 1. The second kappa shape index (κ2) is 6.67. The standard InChI is InChI=1S/C15H14BrFN2O2/c1-2-14(10-3-5-11(17)6-4-10)18-15-8-7-12(19(20)21)9-13(15)16/h3-9,14,18H,2H2,1H3. The number of benzene rings is 2. The fourth-order valence-corrected chi connectivity index (χ4v) is 2.52. The number of nitrogens with zero attached hydrogens (tertiary/aromatic N) is 1. The highest BCUT2D eigenvalue weighted by Crippen LogP contribution is 2.31. The first-order valence-electron chi connectivity index (χ1n) is 6.47. The van der Waals surface area contributed by atoms with Gasteiger partial charge in [0.05, 0.1) is 11.0 Å². The summed E-state index contributed by atoms with van der Waals surface area (Å²) in [5.41, 5.74) is 1.75. The normalized spacial score (nSPS) is 12.0. The van der Waals surface area contributed by atoms with Gasteiger partial charge in [0.25, 0.3) is 5.69 Å². The Morgan fingerprint density at radius 1 is 1.29 bits per heavy atom. The van der Waals surface area contributed by atoms with E-state index in [4.69, 9.17) is 0 Å². The van der Waals surface area contributed by atoms with Gasteiger partial charge >= 0.3 is 0 Å². The third kappa shape index (κ3) is 3.78. The van der Waals surface area contributed by atoms with Gasteiger partial charge in [-0.2, -0.15) is 0 Å². The van der Waals surface area contributed by atoms with Crippen molar-refractivity contribution in [2.45, 2.75) is 19.4 Å². The second-order valence-electron chi connectivity index (χ2n) is 4.58. The lowest BCUT2D eigenvalue weighted by atomic mass is 10.0. The number of anilines is 1. The molecule has 0 amide bonds. The lowest BCUT2D eigenvalue weighted by Gasteiger charge is -2.19. The van der Waals surface area contributed by atoms with E-state index in [9.17, 15) is 14.5 Å². The summed E-state index contributed by atoms with van der Waals surface area (Å²) in [5, 5.41) is 14.0. The molecule has 1 unspecified atom stereocenters. The molecule has 0 saturated heterocycles. The van der Waals surface area contributed by atoms with Gasteiger partial charge in [0.1, 0.15) is 5.82 Å². The third-order valence-electron chi connectivity index (χ3n) is 3.17. The van der Waals surface area contributed by atoms with E-state index < -0.39 is 4.92 Å². The number of nitro groups is 1. The average molecular weight is 353 g/mol. The van der Waals surface area contributed by atoms with Gasteiger partial charge in [0, 0.05) is 22.3 Å². The van der Waals surface area contributed by atoms with E-state index in [-0.39, 0.29) is 17.5 Å². The highest BCUT2D eigenvalue weighted by Gasteiger charge is 2.13. The molecule has 1 N–H and O–H groups in total. The predicted octanol–water partition coefficient (Wildman–Crippen LogP) is 5.06. The Morgan fingerprint density at radius 2 is 1.95 bits per heavy atom. The minimum absolute atomic E-state index is 0.00311. The van der Waals surface area contributed by atoms with Crippen LogP contribution in [-0.4, -0.2) is 4.92 Å². The molecule has 0 aromatic heterocycles. The quantitative estimate of drug-likeness (QED) is 0.604.